The van der Waals surface area contributed by atoms with Gasteiger partial charge in [-0.1, -0.05) is 0 Å². The van der Waals surface area contributed by atoms with Crippen LogP contribution in [0.1, 0.15) is 15.9 Å². The number of benzene rings is 2. The summed E-state index contributed by atoms with van der Waals surface area (Å²) in [5.74, 6) is -0.844. The van der Waals surface area contributed by atoms with Gasteiger partial charge in [-0.05, 0) is 36.5 Å². The topological polar surface area (TPSA) is 151 Å². The molecule has 26 heavy (non-hydrogen) atoms. The van der Waals surface area contributed by atoms with Gasteiger partial charge in [-0.25, -0.2) is 0 Å². The fourth-order valence-corrected chi connectivity index (χ4v) is 2.11. The van der Waals surface area contributed by atoms with Crippen molar-refractivity contribution in [1.82, 2.24) is 5.32 Å². The summed E-state index contributed by atoms with van der Waals surface area (Å²) in [4.78, 5) is 32.2. The molecule has 10 nitrogen and oxygen atoms in total. The van der Waals surface area contributed by atoms with Crippen molar-refractivity contribution < 1.29 is 14.6 Å². The van der Waals surface area contributed by atoms with Crippen molar-refractivity contribution in [3.63, 3.8) is 0 Å². The Morgan fingerprint density at radius 1 is 1.04 bits per heavy atom. The van der Waals surface area contributed by atoms with Crippen LogP contribution in [0.5, 0.6) is 0 Å². The second-order valence-electron chi connectivity index (χ2n) is 4.85. The Morgan fingerprint density at radius 2 is 1.58 bits per heavy atom. The third kappa shape index (κ3) is 4.56. The first-order chi connectivity index (χ1) is 12.3. The van der Waals surface area contributed by atoms with E-state index in [1.165, 1.54) is 12.1 Å². The minimum atomic E-state index is -0.844. The Kier molecular flexibility index (Phi) is 5.51. The Hall–Kier alpha value is -3.91. The van der Waals surface area contributed by atoms with Crippen LogP contribution in [0.3, 0.4) is 0 Å². The van der Waals surface area contributed by atoms with E-state index in [2.05, 4.69) is 10.6 Å². The second kappa shape index (κ2) is 7.77. The molecule has 0 saturated carbocycles. The summed E-state index contributed by atoms with van der Waals surface area (Å²) in [5, 5.41) is 35.3. The molecule has 0 aliphatic rings. The zero-order chi connectivity index (χ0) is 19.3. The van der Waals surface area contributed by atoms with Gasteiger partial charge in [0.05, 0.1) is 33.1 Å². The van der Waals surface area contributed by atoms with E-state index < -0.39 is 27.1 Å². The fourth-order valence-electron chi connectivity index (χ4n) is 1.90. The number of amides is 1. The highest BCUT2D eigenvalue weighted by molar-refractivity contribution is 7.80. The van der Waals surface area contributed by atoms with E-state index in [9.17, 15) is 25.0 Å². The Bertz CT molecular complexity index is 920. The van der Waals surface area contributed by atoms with Gasteiger partial charge in [0.25, 0.3) is 17.3 Å². The van der Waals surface area contributed by atoms with E-state index in [0.717, 1.165) is 18.2 Å². The third-order valence-electron chi connectivity index (χ3n) is 3.09. The maximum absolute atomic E-state index is 12.2. The number of nitro benzene ring substituents is 2. The monoisotopic (exact) mass is 371 g/mol. The molecule has 0 unspecified atom stereocenters. The summed E-state index contributed by atoms with van der Waals surface area (Å²) in [6.07, 6.45) is 0. The lowest BCUT2D eigenvalue weighted by Gasteiger charge is -2.09. The van der Waals surface area contributed by atoms with Crippen molar-refractivity contribution in [2.45, 2.75) is 0 Å². The standard InChI is InChI=1S/C15H9N5O5S/c16-8-9-1-3-11(4-2-9)17-15(26)18-14(21)10-5-12(19(22)23)7-13(6-10)20(24)25/h1-7H,(H2,17,18,21,26). The minimum Gasteiger partial charge on any atom is -0.332 e. The van der Waals surface area contributed by atoms with Crippen LogP contribution < -0.4 is 10.6 Å². The molecule has 0 aromatic heterocycles. The largest absolute Gasteiger partial charge is 0.332 e. The van der Waals surface area contributed by atoms with E-state index in [1.54, 1.807) is 12.1 Å². The summed E-state index contributed by atoms with van der Waals surface area (Å²) in [6.45, 7) is 0. The van der Waals surface area contributed by atoms with Crippen LogP contribution in [0.4, 0.5) is 17.1 Å². The Morgan fingerprint density at radius 3 is 2.04 bits per heavy atom. The number of carbonyl (C=O) groups is 1. The van der Waals surface area contributed by atoms with Crippen molar-refractivity contribution in [2.24, 2.45) is 0 Å². The lowest BCUT2D eigenvalue weighted by molar-refractivity contribution is -0.394. The van der Waals surface area contributed by atoms with Gasteiger partial charge in [-0.2, -0.15) is 5.26 Å². The van der Waals surface area contributed by atoms with E-state index in [0.29, 0.717) is 11.3 Å². The molecular weight excluding hydrogens is 362 g/mol. The van der Waals surface area contributed by atoms with Gasteiger partial charge in [-0.15, -0.1) is 0 Å². The number of carbonyl (C=O) groups excluding carboxylic acids is 1. The number of nitrogens with one attached hydrogen (secondary N) is 2. The maximum atomic E-state index is 12.2. The summed E-state index contributed by atoms with van der Waals surface area (Å²) in [5.41, 5.74) is -0.519. The van der Waals surface area contributed by atoms with E-state index in [-0.39, 0.29) is 10.7 Å². The highest BCUT2D eigenvalue weighted by Crippen LogP contribution is 2.22. The van der Waals surface area contributed by atoms with Crippen LogP contribution in [-0.4, -0.2) is 20.9 Å². The maximum Gasteiger partial charge on any atom is 0.277 e. The number of anilines is 1. The van der Waals surface area contributed by atoms with Gasteiger partial charge in [-0.3, -0.25) is 30.3 Å². The highest BCUT2D eigenvalue weighted by atomic mass is 32.1. The van der Waals surface area contributed by atoms with Gasteiger partial charge in [0.15, 0.2) is 5.11 Å². The molecule has 1 amide bonds. The molecule has 0 radical (unpaired) electrons. The Balaban J connectivity index is 2.15. The molecule has 2 N–H and O–H groups in total. The molecule has 0 bridgehead atoms. The van der Waals surface area contributed by atoms with Gasteiger partial charge in [0.2, 0.25) is 0 Å². The van der Waals surface area contributed by atoms with Crippen molar-refractivity contribution >= 4 is 40.3 Å². The summed E-state index contributed by atoms with van der Waals surface area (Å²) in [6, 6.07) is 10.7. The summed E-state index contributed by atoms with van der Waals surface area (Å²) in [7, 11) is 0. The van der Waals surface area contributed by atoms with Crippen molar-refractivity contribution in [1.29, 1.82) is 5.26 Å². The third-order valence-corrected chi connectivity index (χ3v) is 3.29. The SMILES string of the molecule is N#Cc1ccc(NC(=S)NC(=O)c2cc([N+](=O)[O-])cc([N+](=O)[O-])c2)cc1. The normalized spacial score (nSPS) is 9.65. The first kappa shape index (κ1) is 18.4. The molecule has 0 spiro atoms. The van der Waals surface area contributed by atoms with Crippen LogP contribution in [0.25, 0.3) is 0 Å². The van der Waals surface area contributed by atoms with Gasteiger partial charge < -0.3 is 5.32 Å². The van der Waals surface area contributed by atoms with Gasteiger partial charge >= 0.3 is 0 Å². The number of non-ortho nitro benzene ring substituents is 2. The van der Waals surface area contributed by atoms with Crippen molar-refractivity contribution in [3.05, 3.63) is 73.8 Å². The van der Waals surface area contributed by atoms with Crippen LogP contribution in [0.15, 0.2) is 42.5 Å². The van der Waals surface area contributed by atoms with Crippen LogP contribution >= 0.6 is 12.2 Å². The predicted molar refractivity (Wildman–Crippen MR) is 94.6 cm³/mol. The average molecular weight is 371 g/mol. The molecule has 11 heteroatoms. The predicted octanol–water partition coefficient (Wildman–Crippen LogP) is 2.50. The molecule has 2 aromatic carbocycles. The average Bonchev–Trinajstić information content (AvgIpc) is 2.61. The zero-order valence-corrected chi connectivity index (χ0v) is 13.6. The van der Waals surface area contributed by atoms with Gasteiger partial charge in [0.1, 0.15) is 0 Å². The molecule has 0 atom stereocenters. The molecule has 0 aliphatic carbocycles. The smallest absolute Gasteiger partial charge is 0.277 e. The molecule has 0 heterocycles. The van der Waals surface area contributed by atoms with Crippen LogP contribution in [0.2, 0.25) is 0 Å². The van der Waals surface area contributed by atoms with E-state index >= 15 is 0 Å². The number of hydrogen-bond donors (Lipinski definition) is 2. The fraction of sp³-hybridized carbons (Fsp3) is 0. The minimum absolute atomic E-state index is 0.117. The molecule has 0 saturated heterocycles. The van der Waals surface area contributed by atoms with E-state index in [4.69, 9.17) is 17.5 Å². The number of nitro groups is 2. The molecular formula is C15H9N5O5S. The molecule has 2 rings (SSSR count). The molecule has 2 aromatic rings. The summed E-state index contributed by atoms with van der Waals surface area (Å²) >= 11 is 4.97. The second-order valence-corrected chi connectivity index (χ2v) is 5.26. The summed E-state index contributed by atoms with van der Waals surface area (Å²) < 4.78 is 0. The van der Waals surface area contributed by atoms with Gasteiger partial charge in [0, 0.05) is 17.8 Å². The number of hydrogen-bond acceptors (Lipinski definition) is 7. The quantitative estimate of drug-likeness (QED) is 0.472. The number of thiocarbonyl (C=S) groups is 1. The van der Waals surface area contributed by atoms with Crippen molar-refractivity contribution in [3.8, 4) is 6.07 Å². The first-order valence-electron chi connectivity index (χ1n) is 6.86. The van der Waals surface area contributed by atoms with E-state index in [1.807, 2.05) is 6.07 Å². The number of nitrogens with zero attached hydrogens (tertiary/aromatic N) is 3. The zero-order valence-electron chi connectivity index (χ0n) is 12.8. The van der Waals surface area contributed by atoms with Crippen molar-refractivity contribution in [2.75, 3.05) is 5.32 Å². The number of rotatable bonds is 4. The lowest BCUT2D eigenvalue weighted by atomic mass is 10.1. The Labute approximate surface area is 151 Å². The number of nitriles is 1. The molecule has 130 valence electrons. The molecule has 0 aliphatic heterocycles. The lowest BCUT2D eigenvalue weighted by Crippen LogP contribution is -2.34. The molecule has 0 fully saturated rings. The first-order valence-corrected chi connectivity index (χ1v) is 7.27. The van der Waals surface area contributed by atoms with Crippen LogP contribution in [0, 0.1) is 31.6 Å². The highest BCUT2D eigenvalue weighted by Gasteiger charge is 2.20. The van der Waals surface area contributed by atoms with Crippen LogP contribution in [-0.2, 0) is 0 Å².